The molecule has 38 heavy (non-hydrogen) atoms. The van der Waals surface area contributed by atoms with Gasteiger partial charge in [-0.1, -0.05) is 54.6 Å². The Balaban J connectivity index is 1.33. The van der Waals surface area contributed by atoms with Crippen LogP contribution in [-0.4, -0.2) is 24.0 Å². The van der Waals surface area contributed by atoms with Crippen LogP contribution >= 0.6 is 11.3 Å². The second kappa shape index (κ2) is 11.0. The van der Waals surface area contributed by atoms with Crippen LogP contribution in [0.4, 0.5) is 10.8 Å². The summed E-state index contributed by atoms with van der Waals surface area (Å²) in [6.45, 7) is 7.81. The molecule has 5 aromatic rings. The zero-order valence-corrected chi connectivity index (χ0v) is 22.5. The minimum Gasteiger partial charge on any atom is -0.422 e. The Bertz CT molecular complexity index is 1640. The highest BCUT2D eigenvalue weighted by molar-refractivity contribution is 7.16. The molecule has 0 aliphatic carbocycles. The summed E-state index contributed by atoms with van der Waals surface area (Å²) >= 11 is 1.38. The molecule has 0 saturated carbocycles. The molecule has 0 saturated heterocycles. The highest BCUT2D eigenvalue weighted by atomic mass is 32.1. The van der Waals surface area contributed by atoms with Crippen LogP contribution < -0.4 is 15.8 Å². The molecule has 5 rings (SSSR count). The van der Waals surface area contributed by atoms with Gasteiger partial charge in [0.1, 0.15) is 11.1 Å². The van der Waals surface area contributed by atoms with Gasteiger partial charge in [-0.3, -0.25) is 10.1 Å². The van der Waals surface area contributed by atoms with E-state index < -0.39 is 11.5 Å². The average molecular weight is 524 g/mol. The number of anilines is 2. The van der Waals surface area contributed by atoms with Crippen molar-refractivity contribution in [2.24, 2.45) is 0 Å². The molecule has 0 radical (unpaired) electrons. The zero-order chi connectivity index (χ0) is 26.6. The molecule has 1 N–H and O–H groups in total. The van der Waals surface area contributed by atoms with Crippen molar-refractivity contribution in [1.29, 1.82) is 0 Å². The monoisotopic (exact) mass is 523 g/mol. The third-order valence-electron chi connectivity index (χ3n) is 6.59. The lowest BCUT2D eigenvalue weighted by Gasteiger charge is -2.20. The van der Waals surface area contributed by atoms with Crippen LogP contribution in [0, 0.1) is 6.92 Å². The zero-order valence-electron chi connectivity index (χ0n) is 21.7. The summed E-state index contributed by atoms with van der Waals surface area (Å²) in [7, 11) is 0. The Morgan fingerprint density at radius 3 is 2.37 bits per heavy atom. The van der Waals surface area contributed by atoms with Crippen LogP contribution in [0.15, 0.2) is 88.1 Å². The molecule has 0 aliphatic rings. The summed E-state index contributed by atoms with van der Waals surface area (Å²) in [4.78, 5) is 33.5. The number of hydrogen-bond donors (Lipinski definition) is 1. The molecule has 3 aromatic carbocycles. The Morgan fingerprint density at radius 2 is 1.66 bits per heavy atom. The second-order valence-corrected chi connectivity index (χ2v) is 10.3. The molecule has 0 spiro atoms. The Hall–Kier alpha value is -4.23. The van der Waals surface area contributed by atoms with Crippen molar-refractivity contribution in [2.45, 2.75) is 27.2 Å². The van der Waals surface area contributed by atoms with Crippen molar-refractivity contribution in [3.63, 3.8) is 0 Å². The lowest BCUT2D eigenvalue weighted by atomic mass is 10.0. The smallest absolute Gasteiger partial charge is 0.349 e. The first kappa shape index (κ1) is 25.4. The van der Waals surface area contributed by atoms with E-state index in [0.29, 0.717) is 16.1 Å². The maximum atomic E-state index is 13.0. The van der Waals surface area contributed by atoms with Gasteiger partial charge in [-0.25, -0.2) is 9.78 Å². The molecule has 0 unspecified atom stereocenters. The summed E-state index contributed by atoms with van der Waals surface area (Å²) in [5, 5.41) is 3.92. The Labute approximate surface area is 225 Å². The molecule has 2 aromatic heterocycles. The van der Waals surface area contributed by atoms with Crippen molar-refractivity contribution < 1.29 is 9.21 Å². The van der Waals surface area contributed by atoms with Crippen LogP contribution in [0.3, 0.4) is 0 Å². The van der Waals surface area contributed by atoms with Gasteiger partial charge in [0.2, 0.25) is 0 Å². The Morgan fingerprint density at radius 1 is 0.947 bits per heavy atom. The molecule has 2 heterocycles. The van der Waals surface area contributed by atoms with Crippen LogP contribution in [-0.2, 0) is 6.42 Å². The second-order valence-electron chi connectivity index (χ2n) is 9.08. The minimum absolute atomic E-state index is 0.0484. The van der Waals surface area contributed by atoms with Gasteiger partial charge in [0.15, 0.2) is 5.13 Å². The van der Waals surface area contributed by atoms with Gasteiger partial charge < -0.3 is 9.32 Å². The van der Waals surface area contributed by atoms with Gasteiger partial charge in [0, 0.05) is 40.7 Å². The number of nitrogens with zero attached hydrogens (tertiary/aromatic N) is 2. The molecule has 6 nitrogen and oxygen atoms in total. The number of benzene rings is 3. The van der Waals surface area contributed by atoms with Gasteiger partial charge >= 0.3 is 5.63 Å². The molecule has 0 fully saturated rings. The highest BCUT2D eigenvalue weighted by Crippen LogP contribution is 2.31. The van der Waals surface area contributed by atoms with Crippen molar-refractivity contribution in [1.82, 2.24) is 4.98 Å². The van der Waals surface area contributed by atoms with Crippen molar-refractivity contribution in [3.05, 3.63) is 111 Å². The fourth-order valence-corrected chi connectivity index (χ4v) is 5.37. The van der Waals surface area contributed by atoms with E-state index >= 15 is 0 Å². The first-order chi connectivity index (χ1) is 18.4. The third-order valence-corrected chi connectivity index (χ3v) is 7.47. The number of nitrogens with one attached hydrogen (secondary N) is 1. The van der Waals surface area contributed by atoms with E-state index in [1.807, 2.05) is 43.3 Å². The minimum atomic E-state index is -0.672. The molecule has 192 valence electrons. The summed E-state index contributed by atoms with van der Waals surface area (Å²) in [5.74, 6) is -0.535. The lowest BCUT2D eigenvalue weighted by Crippen LogP contribution is -2.22. The number of rotatable bonds is 8. The lowest BCUT2D eigenvalue weighted by molar-refractivity contribution is 0.102. The van der Waals surface area contributed by atoms with E-state index in [4.69, 9.17) is 4.42 Å². The number of aryl methyl sites for hydroxylation is 1. The normalized spacial score (nSPS) is 11.0. The standard InChI is InChI=1S/C31H29N3O3S/c1-4-34(5-2)25-16-15-24-18-26(30(36)37-27(24)19-25)29(35)33-31-32-28(20(3)38-31)23-13-11-22(12-14-23)17-21-9-7-6-8-10-21/h6-16,18-19H,4-5,17H2,1-3H3,(H,32,33,35). The predicted molar refractivity (Wildman–Crippen MR) is 156 cm³/mol. The van der Waals surface area contributed by atoms with Crippen LogP contribution in [0.2, 0.25) is 0 Å². The Kier molecular flexibility index (Phi) is 7.38. The van der Waals surface area contributed by atoms with Gasteiger partial charge in [0.05, 0.1) is 5.69 Å². The number of amides is 1. The fraction of sp³-hybridized carbons (Fsp3) is 0.194. The number of aromatic nitrogens is 1. The third kappa shape index (κ3) is 5.38. The molecule has 0 atom stereocenters. The summed E-state index contributed by atoms with van der Waals surface area (Å²) in [6, 6.07) is 25.9. The molecular formula is C31H29N3O3S. The maximum Gasteiger partial charge on any atom is 0.349 e. The molecular weight excluding hydrogens is 494 g/mol. The van der Waals surface area contributed by atoms with Gasteiger partial charge in [-0.15, -0.1) is 11.3 Å². The molecule has 0 bridgehead atoms. The SMILES string of the molecule is CCN(CC)c1ccc2cc(C(=O)Nc3nc(-c4ccc(Cc5ccccc5)cc4)c(C)s3)c(=O)oc2c1. The van der Waals surface area contributed by atoms with E-state index in [-0.39, 0.29) is 5.56 Å². The van der Waals surface area contributed by atoms with E-state index in [1.165, 1.54) is 22.5 Å². The number of hydrogen-bond acceptors (Lipinski definition) is 6. The van der Waals surface area contributed by atoms with Crippen LogP contribution in [0.1, 0.15) is 40.2 Å². The van der Waals surface area contributed by atoms with Crippen LogP contribution in [0.5, 0.6) is 0 Å². The quantitative estimate of drug-likeness (QED) is 0.224. The fourth-order valence-electron chi connectivity index (χ4n) is 4.54. The van der Waals surface area contributed by atoms with Crippen LogP contribution in [0.25, 0.3) is 22.2 Å². The molecule has 0 aliphatic heterocycles. The van der Waals surface area contributed by atoms with Gasteiger partial charge in [-0.05, 0) is 56.5 Å². The predicted octanol–water partition coefficient (Wildman–Crippen LogP) is 6.91. The number of carbonyl (C=O) groups excluding carboxylic acids is 1. The summed E-state index contributed by atoms with van der Waals surface area (Å²) in [6.07, 6.45) is 0.865. The van der Waals surface area contributed by atoms with E-state index in [9.17, 15) is 9.59 Å². The number of fused-ring (bicyclic) bond motifs is 1. The van der Waals surface area contributed by atoms with Gasteiger partial charge in [0.25, 0.3) is 5.91 Å². The van der Waals surface area contributed by atoms with Crippen molar-refractivity contribution >= 4 is 39.0 Å². The largest absolute Gasteiger partial charge is 0.422 e. The summed E-state index contributed by atoms with van der Waals surface area (Å²) < 4.78 is 5.52. The van der Waals surface area contributed by atoms with E-state index in [1.54, 1.807) is 6.07 Å². The molecule has 1 amide bonds. The van der Waals surface area contributed by atoms with E-state index in [2.05, 4.69) is 65.4 Å². The number of carbonyl (C=O) groups is 1. The summed E-state index contributed by atoms with van der Waals surface area (Å²) in [5.41, 5.74) is 4.98. The first-order valence-corrected chi connectivity index (χ1v) is 13.5. The topological polar surface area (TPSA) is 75.4 Å². The first-order valence-electron chi connectivity index (χ1n) is 12.7. The maximum absolute atomic E-state index is 13.0. The number of thiazole rings is 1. The highest BCUT2D eigenvalue weighted by Gasteiger charge is 2.18. The van der Waals surface area contributed by atoms with Gasteiger partial charge in [-0.2, -0.15) is 0 Å². The van der Waals surface area contributed by atoms with Crippen molar-refractivity contribution in [3.8, 4) is 11.3 Å². The molecule has 7 heteroatoms. The average Bonchev–Trinajstić information content (AvgIpc) is 3.29. The van der Waals surface area contributed by atoms with Crippen molar-refractivity contribution in [2.75, 3.05) is 23.3 Å². The van der Waals surface area contributed by atoms with E-state index in [0.717, 1.165) is 41.3 Å².